The van der Waals surface area contributed by atoms with Crippen LogP contribution in [0.2, 0.25) is 0 Å². The molecule has 0 amide bonds. The first-order valence-electron chi connectivity index (χ1n) is 4.30. The molecule has 0 atom stereocenters. The Labute approximate surface area is 78.6 Å². The summed E-state index contributed by atoms with van der Waals surface area (Å²) in [5, 5.41) is 0. The number of hydrogen-bond acceptors (Lipinski definition) is 1. The van der Waals surface area contributed by atoms with Gasteiger partial charge in [0.25, 0.3) is 0 Å². The van der Waals surface area contributed by atoms with Crippen molar-refractivity contribution >= 4 is 22.8 Å². The van der Waals surface area contributed by atoms with Crippen molar-refractivity contribution in [1.82, 2.24) is 3.12 Å². The number of nitrogens with zero attached hydrogens (tertiary/aromatic N) is 1. The molecule has 0 saturated carbocycles. The average molecular weight is 248 g/mol. The molecule has 1 nitrogen and oxygen atoms in total. The predicted molar refractivity (Wildman–Crippen MR) is 48.5 cm³/mol. The van der Waals surface area contributed by atoms with Crippen molar-refractivity contribution in [3.8, 4) is 0 Å². The zero-order valence-corrected chi connectivity index (χ0v) is 10.6. The maximum atomic E-state index is 2.55. The van der Waals surface area contributed by atoms with E-state index >= 15 is 0 Å². The van der Waals surface area contributed by atoms with Gasteiger partial charge in [-0.05, 0) is 0 Å². The van der Waals surface area contributed by atoms with Crippen LogP contribution in [0.3, 0.4) is 0 Å². The van der Waals surface area contributed by atoms with Gasteiger partial charge < -0.3 is 0 Å². The van der Waals surface area contributed by atoms with Crippen LogP contribution in [0.15, 0.2) is 0 Å². The zero-order chi connectivity index (χ0) is 7.82. The molecule has 0 aromatic carbocycles. The van der Waals surface area contributed by atoms with E-state index in [-0.39, 0.29) is 0 Å². The second kappa shape index (κ2) is 7.86. The monoisotopic (exact) mass is 249 g/mol. The summed E-state index contributed by atoms with van der Waals surface area (Å²) < 4.78 is 2.55. The van der Waals surface area contributed by atoms with Gasteiger partial charge in [-0.25, -0.2) is 0 Å². The van der Waals surface area contributed by atoms with Crippen LogP contribution < -0.4 is 0 Å². The van der Waals surface area contributed by atoms with Gasteiger partial charge in [-0.2, -0.15) is 0 Å². The Morgan fingerprint density at radius 3 is 1.70 bits per heavy atom. The van der Waals surface area contributed by atoms with Gasteiger partial charge in [0.2, 0.25) is 0 Å². The summed E-state index contributed by atoms with van der Waals surface area (Å²) in [5.41, 5.74) is 0. The van der Waals surface area contributed by atoms with Gasteiger partial charge >= 0.3 is 78.5 Å². The van der Waals surface area contributed by atoms with Gasteiger partial charge in [0.05, 0.1) is 0 Å². The fraction of sp³-hybridized carbons (Fsp3) is 1.00. The van der Waals surface area contributed by atoms with Gasteiger partial charge in [-0.3, -0.25) is 0 Å². The van der Waals surface area contributed by atoms with Crippen LogP contribution in [0.1, 0.15) is 39.5 Å². The minimum absolute atomic E-state index is 1.31. The molecule has 0 aliphatic rings. The second-order valence-corrected chi connectivity index (χ2v) is 4.83. The molecule has 0 aromatic rings. The first kappa shape index (κ1) is 10.8. The van der Waals surface area contributed by atoms with E-state index in [9.17, 15) is 0 Å². The van der Waals surface area contributed by atoms with Gasteiger partial charge in [-0.1, -0.05) is 0 Å². The zero-order valence-electron chi connectivity index (χ0n) is 7.27. The molecular formula is C8H19NSn. The summed E-state index contributed by atoms with van der Waals surface area (Å²) in [6.07, 6.45) is 5.43. The maximum absolute atomic E-state index is 2.55. The fourth-order valence-corrected chi connectivity index (χ4v) is 1.88. The molecule has 0 aromatic heterocycles. The molecular weight excluding hydrogens is 229 g/mol. The van der Waals surface area contributed by atoms with Gasteiger partial charge in [-0.15, -0.1) is 0 Å². The van der Waals surface area contributed by atoms with Crippen molar-refractivity contribution < 1.29 is 0 Å². The molecule has 2 heteroatoms. The van der Waals surface area contributed by atoms with Crippen molar-refractivity contribution in [1.29, 1.82) is 0 Å². The third kappa shape index (κ3) is 6.87. The normalized spacial score (nSPS) is 10.8. The van der Waals surface area contributed by atoms with E-state index in [4.69, 9.17) is 0 Å². The third-order valence-corrected chi connectivity index (χ3v) is 3.07. The average Bonchev–Trinajstić information content (AvgIpc) is 1.97. The van der Waals surface area contributed by atoms with E-state index in [1.54, 1.807) is 0 Å². The Morgan fingerprint density at radius 2 is 1.40 bits per heavy atom. The van der Waals surface area contributed by atoms with Crippen molar-refractivity contribution in [3.05, 3.63) is 0 Å². The summed E-state index contributed by atoms with van der Waals surface area (Å²) in [4.78, 5) is 0. The van der Waals surface area contributed by atoms with Crippen molar-refractivity contribution in [3.63, 3.8) is 0 Å². The Bertz CT molecular complexity index is 58.3. The van der Waals surface area contributed by atoms with Crippen LogP contribution in [0.4, 0.5) is 0 Å². The van der Waals surface area contributed by atoms with E-state index < -0.39 is 0 Å². The first-order valence-corrected chi connectivity index (χ1v) is 5.78. The minimum atomic E-state index is 1.31. The van der Waals surface area contributed by atoms with Crippen molar-refractivity contribution in [2.45, 2.75) is 39.5 Å². The summed E-state index contributed by atoms with van der Waals surface area (Å²) in [5.74, 6) is 0. The predicted octanol–water partition coefficient (Wildman–Crippen LogP) is 1.70. The molecule has 0 heterocycles. The molecule has 2 radical (unpaired) electrons. The first-order chi connectivity index (χ1) is 4.81. The Balaban J connectivity index is 3.00. The van der Waals surface area contributed by atoms with E-state index in [2.05, 4.69) is 17.0 Å². The molecule has 0 aliphatic heterocycles. The van der Waals surface area contributed by atoms with Gasteiger partial charge in [0.15, 0.2) is 0 Å². The van der Waals surface area contributed by atoms with Crippen LogP contribution in [0, 0.1) is 0 Å². The van der Waals surface area contributed by atoms with E-state index in [0.29, 0.717) is 0 Å². The van der Waals surface area contributed by atoms with Gasteiger partial charge in [0.1, 0.15) is 0 Å². The molecule has 0 unspecified atom stereocenters. The van der Waals surface area contributed by atoms with E-state index in [1.807, 2.05) is 0 Å². The topological polar surface area (TPSA) is 3.24 Å². The van der Waals surface area contributed by atoms with Crippen molar-refractivity contribution in [2.24, 2.45) is 0 Å². The quantitative estimate of drug-likeness (QED) is 0.646. The van der Waals surface area contributed by atoms with Gasteiger partial charge in [0, 0.05) is 0 Å². The Hall–Kier alpha value is 0.759. The number of hydrogen-bond donors (Lipinski definition) is 0. The molecule has 10 heavy (non-hydrogen) atoms. The molecule has 0 spiro atoms. The van der Waals surface area contributed by atoms with Crippen molar-refractivity contribution in [2.75, 3.05) is 13.1 Å². The molecule has 60 valence electrons. The molecule has 0 saturated heterocycles. The van der Waals surface area contributed by atoms with Crippen LogP contribution in [-0.4, -0.2) is 39.0 Å². The van der Waals surface area contributed by atoms with E-state index in [0.717, 1.165) is 0 Å². The van der Waals surface area contributed by atoms with Crippen LogP contribution in [-0.2, 0) is 0 Å². The summed E-state index contributed by atoms with van der Waals surface area (Å²) in [7, 11) is 0. The van der Waals surface area contributed by atoms with Crippen LogP contribution >= 0.6 is 0 Å². The molecule has 0 fully saturated rings. The summed E-state index contributed by atoms with van der Waals surface area (Å²) in [6.45, 7) is 7.18. The molecule has 0 N–H and O–H groups in total. The van der Waals surface area contributed by atoms with E-state index in [1.165, 1.54) is 61.6 Å². The number of rotatable bonds is 6. The molecule has 0 bridgehead atoms. The SMILES string of the molecule is CCCC[N]([SnH])CCCC. The van der Waals surface area contributed by atoms with Crippen LogP contribution in [0.5, 0.6) is 0 Å². The summed E-state index contributed by atoms with van der Waals surface area (Å²) in [6, 6.07) is 0. The summed E-state index contributed by atoms with van der Waals surface area (Å²) >= 11 is 1.31. The second-order valence-electron chi connectivity index (χ2n) is 2.74. The fourth-order valence-electron chi connectivity index (χ4n) is 0.834. The molecule has 0 aliphatic carbocycles. The number of unbranched alkanes of at least 4 members (excludes halogenated alkanes) is 2. The standard InChI is InChI=1S/C8H18N.Sn.H/c1-3-5-7-9-8-6-4-2;;/h3-8H2,1-2H3;;/q-1;+1;. The Kier molecular flexibility index (Phi) is 8.46. The third-order valence-electron chi connectivity index (χ3n) is 1.60. The molecule has 0 rings (SSSR count). The Morgan fingerprint density at radius 1 is 1.00 bits per heavy atom. The van der Waals surface area contributed by atoms with Crippen LogP contribution in [0.25, 0.3) is 0 Å².